The zero-order chi connectivity index (χ0) is 20.4. The maximum atomic E-state index is 11.7. The van der Waals surface area contributed by atoms with Gasteiger partial charge in [0.1, 0.15) is 5.82 Å². The predicted octanol–water partition coefficient (Wildman–Crippen LogP) is 2.59. The van der Waals surface area contributed by atoms with Crippen molar-refractivity contribution in [3.8, 4) is 11.5 Å². The lowest BCUT2D eigenvalue weighted by Crippen LogP contribution is -2.03. The number of hydrogen-bond donors (Lipinski definition) is 3. The van der Waals surface area contributed by atoms with E-state index in [-0.39, 0.29) is 24.2 Å². The lowest BCUT2D eigenvalue weighted by molar-refractivity contribution is 0.174. The Morgan fingerprint density at radius 2 is 2.00 bits per heavy atom. The first-order valence-corrected chi connectivity index (χ1v) is 10.5. The van der Waals surface area contributed by atoms with Crippen molar-refractivity contribution < 1.29 is 23.0 Å². The molecule has 1 aromatic heterocycles. The van der Waals surface area contributed by atoms with Gasteiger partial charge in [-0.15, -0.1) is 0 Å². The minimum atomic E-state index is -3.32. The topological polar surface area (TPSA) is 123 Å². The van der Waals surface area contributed by atoms with Crippen LogP contribution in [0, 0.1) is 0 Å². The highest BCUT2D eigenvalue weighted by Gasteiger charge is 2.20. The molecule has 1 aliphatic heterocycles. The Bertz CT molecular complexity index is 1170. The lowest BCUT2D eigenvalue weighted by atomic mass is 10.1. The van der Waals surface area contributed by atoms with E-state index in [9.17, 15) is 13.5 Å². The fourth-order valence-corrected chi connectivity index (χ4v) is 3.48. The molecule has 0 radical (unpaired) electrons. The van der Waals surface area contributed by atoms with Gasteiger partial charge in [-0.1, -0.05) is 6.07 Å². The lowest BCUT2D eigenvalue weighted by Gasteiger charge is -2.12. The second kappa shape index (κ2) is 7.57. The van der Waals surface area contributed by atoms with Crippen LogP contribution in [0.1, 0.15) is 5.56 Å². The number of fused-ring (bicyclic) bond motifs is 1. The molecule has 0 saturated carbocycles. The van der Waals surface area contributed by atoms with Gasteiger partial charge in [-0.2, -0.15) is 4.98 Å². The molecule has 10 heteroatoms. The van der Waals surface area contributed by atoms with Gasteiger partial charge in [-0.25, -0.2) is 13.4 Å². The number of benzene rings is 2. The molecule has 9 nitrogen and oxygen atoms in total. The Kier molecular flexibility index (Phi) is 4.95. The van der Waals surface area contributed by atoms with Crippen molar-refractivity contribution in [3.05, 3.63) is 54.2 Å². The SMILES string of the molecule is CS(=O)(=O)c1cccc(Nc2nccc(Nc3cc(CO)cc4c3OCO4)n2)c1. The first-order valence-electron chi connectivity index (χ1n) is 8.63. The van der Waals surface area contributed by atoms with Gasteiger partial charge in [0.05, 0.1) is 17.2 Å². The largest absolute Gasteiger partial charge is 0.453 e. The standard InChI is InChI=1S/C19H18N4O5S/c1-29(25,26)14-4-2-3-13(9-14)21-19-20-6-5-17(23-19)22-15-7-12(10-24)8-16-18(15)28-11-27-16/h2-9,24H,10-11H2,1H3,(H2,20,21,22,23). The van der Waals surface area contributed by atoms with E-state index in [1.54, 1.807) is 36.5 Å². The second-order valence-electron chi connectivity index (χ2n) is 6.35. The van der Waals surface area contributed by atoms with E-state index in [1.807, 2.05) is 0 Å². The van der Waals surface area contributed by atoms with Crippen LogP contribution in [0.3, 0.4) is 0 Å². The van der Waals surface area contributed by atoms with Crippen molar-refractivity contribution in [1.29, 1.82) is 0 Å². The first-order chi connectivity index (χ1) is 13.9. The molecule has 3 N–H and O–H groups in total. The van der Waals surface area contributed by atoms with Crippen molar-refractivity contribution in [1.82, 2.24) is 9.97 Å². The van der Waals surface area contributed by atoms with Crippen LogP contribution in [0.25, 0.3) is 0 Å². The van der Waals surface area contributed by atoms with Crippen LogP contribution < -0.4 is 20.1 Å². The van der Waals surface area contributed by atoms with E-state index in [4.69, 9.17) is 9.47 Å². The van der Waals surface area contributed by atoms with Gasteiger partial charge in [0.15, 0.2) is 21.3 Å². The number of sulfone groups is 1. The highest BCUT2D eigenvalue weighted by molar-refractivity contribution is 7.90. The Labute approximate surface area is 167 Å². The first kappa shape index (κ1) is 19.0. The number of hydrogen-bond acceptors (Lipinski definition) is 9. The predicted molar refractivity (Wildman–Crippen MR) is 107 cm³/mol. The van der Waals surface area contributed by atoms with E-state index in [1.165, 1.54) is 12.1 Å². The van der Waals surface area contributed by atoms with E-state index in [2.05, 4.69) is 20.6 Å². The van der Waals surface area contributed by atoms with Crippen LogP contribution in [0.4, 0.5) is 23.1 Å². The molecule has 0 unspecified atom stereocenters. The molecular weight excluding hydrogens is 396 g/mol. The molecule has 4 rings (SSSR count). The van der Waals surface area contributed by atoms with Crippen LogP contribution in [0.5, 0.6) is 11.5 Å². The van der Waals surface area contributed by atoms with Gasteiger partial charge in [-0.3, -0.25) is 0 Å². The summed E-state index contributed by atoms with van der Waals surface area (Å²) < 4.78 is 34.3. The molecule has 0 aliphatic carbocycles. The molecule has 0 fully saturated rings. The fraction of sp³-hybridized carbons (Fsp3) is 0.158. The summed E-state index contributed by atoms with van der Waals surface area (Å²) in [7, 11) is -3.32. The average molecular weight is 414 g/mol. The van der Waals surface area contributed by atoms with Crippen molar-refractivity contribution in [2.45, 2.75) is 11.5 Å². The molecule has 0 amide bonds. The molecule has 0 spiro atoms. The summed E-state index contributed by atoms with van der Waals surface area (Å²) in [5, 5.41) is 15.6. The quantitative estimate of drug-likeness (QED) is 0.558. The van der Waals surface area contributed by atoms with Crippen molar-refractivity contribution >= 4 is 33.0 Å². The molecule has 1 aliphatic rings. The summed E-state index contributed by atoms with van der Waals surface area (Å²) in [5.41, 5.74) is 1.82. The van der Waals surface area contributed by atoms with E-state index in [0.717, 1.165) is 6.26 Å². The number of nitrogens with one attached hydrogen (secondary N) is 2. The summed E-state index contributed by atoms with van der Waals surface area (Å²) in [4.78, 5) is 8.76. The smallest absolute Gasteiger partial charge is 0.231 e. The molecule has 3 aromatic rings. The van der Waals surface area contributed by atoms with Gasteiger partial charge in [0, 0.05) is 18.1 Å². The highest BCUT2D eigenvalue weighted by atomic mass is 32.2. The molecular formula is C19H18N4O5S. The maximum Gasteiger partial charge on any atom is 0.231 e. The number of anilines is 4. The molecule has 2 aromatic carbocycles. The summed E-state index contributed by atoms with van der Waals surface area (Å²) in [6, 6.07) is 11.5. The Balaban J connectivity index is 1.59. The third-order valence-corrected chi connectivity index (χ3v) is 5.26. The molecule has 150 valence electrons. The van der Waals surface area contributed by atoms with Gasteiger partial charge in [-0.05, 0) is 42.0 Å². The van der Waals surface area contributed by atoms with Gasteiger partial charge < -0.3 is 25.2 Å². The van der Waals surface area contributed by atoms with E-state index in [0.29, 0.717) is 34.3 Å². The zero-order valence-electron chi connectivity index (χ0n) is 15.4. The molecule has 0 saturated heterocycles. The fourth-order valence-electron chi connectivity index (χ4n) is 2.81. The molecule has 0 bridgehead atoms. The highest BCUT2D eigenvalue weighted by Crippen LogP contribution is 2.41. The second-order valence-corrected chi connectivity index (χ2v) is 8.37. The third-order valence-electron chi connectivity index (χ3n) is 4.15. The minimum absolute atomic E-state index is 0.103. The van der Waals surface area contributed by atoms with Crippen LogP contribution >= 0.6 is 0 Å². The summed E-state index contributed by atoms with van der Waals surface area (Å²) in [6.45, 7) is -0.0370. The zero-order valence-corrected chi connectivity index (χ0v) is 16.2. The summed E-state index contributed by atoms with van der Waals surface area (Å²) >= 11 is 0. The van der Waals surface area contributed by atoms with E-state index < -0.39 is 9.84 Å². The van der Waals surface area contributed by atoms with Gasteiger partial charge in [0.2, 0.25) is 12.7 Å². The van der Waals surface area contributed by atoms with Crippen molar-refractivity contribution in [2.24, 2.45) is 0 Å². The number of aromatic nitrogens is 2. The number of aliphatic hydroxyl groups is 1. The van der Waals surface area contributed by atoms with Crippen LogP contribution in [0.15, 0.2) is 53.6 Å². The Hall–Kier alpha value is -3.37. The average Bonchev–Trinajstić information content (AvgIpc) is 3.17. The number of ether oxygens (including phenoxy) is 2. The third kappa shape index (κ3) is 4.23. The molecule has 29 heavy (non-hydrogen) atoms. The van der Waals surface area contributed by atoms with Crippen molar-refractivity contribution in [2.75, 3.05) is 23.7 Å². The van der Waals surface area contributed by atoms with Crippen molar-refractivity contribution in [3.63, 3.8) is 0 Å². The number of nitrogens with zero attached hydrogens (tertiary/aromatic N) is 2. The van der Waals surface area contributed by atoms with E-state index >= 15 is 0 Å². The van der Waals surface area contributed by atoms with Gasteiger partial charge in [0.25, 0.3) is 0 Å². The number of aliphatic hydroxyl groups excluding tert-OH is 1. The van der Waals surface area contributed by atoms with Crippen LogP contribution in [0.2, 0.25) is 0 Å². The Morgan fingerprint density at radius 3 is 2.79 bits per heavy atom. The summed E-state index contributed by atoms with van der Waals surface area (Å²) in [6.07, 6.45) is 2.71. The normalized spacial score (nSPS) is 12.6. The Morgan fingerprint density at radius 1 is 1.14 bits per heavy atom. The maximum absolute atomic E-state index is 11.7. The molecule has 0 atom stereocenters. The van der Waals surface area contributed by atoms with Gasteiger partial charge >= 0.3 is 0 Å². The van der Waals surface area contributed by atoms with Crippen LogP contribution in [-0.2, 0) is 16.4 Å². The number of rotatable bonds is 6. The molecule has 2 heterocycles. The van der Waals surface area contributed by atoms with Crippen LogP contribution in [-0.4, -0.2) is 36.5 Å². The monoisotopic (exact) mass is 414 g/mol. The summed E-state index contributed by atoms with van der Waals surface area (Å²) in [5.74, 6) is 1.85. The minimum Gasteiger partial charge on any atom is -0.453 e.